The largest absolute Gasteiger partial charge is 0.387 e. The predicted molar refractivity (Wildman–Crippen MR) is 142 cm³/mol. The molecule has 0 aliphatic heterocycles. The molecule has 0 bridgehead atoms. The highest BCUT2D eigenvalue weighted by atomic mass is 16.5. The van der Waals surface area contributed by atoms with Crippen molar-refractivity contribution in [2.45, 2.75) is 56.2 Å². The molecule has 2 atom stereocenters. The Morgan fingerprint density at radius 3 is 1.76 bits per heavy atom. The lowest BCUT2D eigenvalue weighted by molar-refractivity contribution is -0.163. The third kappa shape index (κ3) is 2.66. The quantitative estimate of drug-likeness (QED) is 0.524. The van der Waals surface area contributed by atoms with E-state index in [1.807, 2.05) is 27.7 Å². The lowest BCUT2D eigenvalue weighted by atomic mass is 9.59. The van der Waals surface area contributed by atoms with Gasteiger partial charge in [0.15, 0.2) is 0 Å². The summed E-state index contributed by atoms with van der Waals surface area (Å²) >= 11 is 0. The van der Waals surface area contributed by atoms with Crippen molar-refractivity contribution in [3.63, 3.8) is 0 Å². The Hall–Kier alpha value is -2.88. The summed E-state index contributed by atoms with van der Waals surface area (Å²) in [6, 6.07) is 26.7. The van der Waals surface area contributed by atoms with Crippen molar-refractivity contribution in [1.29, 1.82) is 0 Å². The van der Waals surface area contributed by atoms with Crippen LogP contribution in [0.3, 0.4) is 0 Å². The van der Waals surface area contributed by atoms with Crippen LogP contribution in [0.15, 0.2) is 90.5 Å². The van der Waals surface area contributed by atoms with Gasteiger partial charge in [0.2, 0.25) is 0 Å². The molecule has 1 N–H and O–H groups in total. The van der Waals surface area contributed by atoms with Crippen LogP contribution in [0.2, 0.25) is 5.82 Å². The van der Waals surface area contributed by atoms with Crippen molar-refractivity contribution in [1.82, 2.24) is 0 Å². The lowest BCUT2D eigenvalue weighted by Crippen LogP contribution is -2.50. The Kier molecular flexibility index (Phi) is 4.50. The number of aliphatic hydroxyl groups is 1. The van der Waals surface area contributed by atoms with Gasteiger partial charge in [0.25, 0.3) is 0 Å². The molecule has 2 unspecified atom stereocenters. The highest BCUT2D eigenvalue weighted by Gasteiger charge is 2.55. The fraction of sp³-hybridized carbons (Fsp3) is 0.290. The van der Waals surface area contributed by atoms with Crippen LogP contribution in [0.1, 0.15) is 49.9 Å². The van der Waals surface area contributed by atoms with E-state index in [2.05, 4.69) is 92.8 Å². The topological polar surface area (TPSA) is 29.5 Å². The van der Waals surface area contributed by atoms with Crippen molar-refractivity contribution in [2.75, 3.05) is 0 Å². The maximum Gasteiger partial charge on any atom is 0.114 e. The first kappa shape index (κ1) is 21.6. The summed E-state index contributed by atoms with van der Waals surface area (Å²) in [5, 5.41) is 10.8. The maximum absolute atomic E-state index is 10.8. The number of rotatable bonds is 3. The van der Waals surface area contributed by atoms with Crippen LogP contribution < -0.4 is 0 Å². The van der Waals surface area contributed by atoms with Crippen LogP contribution in [0.4, 0.5) is 0 Å². The molecule has 1 spiro atoms. The third-order valence-corrected chi connectivity index (χ3v) is 8.57. The van der Waals surface area contributed by atoms with Gasteiger partial charge in [0.1, 0.15) is 7.85 Å². The van der Waals surface area contributed by atoms with Crippen molar-refractivity contribution in [3.05, 3.63) is 113 Å². The van der Waals surface area contributed by atoms with E-state index in [-0.39, 0.29) is 17.3 Å². The summed E-state index contributed by atoms with van der Waals surface area (Å²) in [5.41, 5.74) is 8.76. The van der Waals surface area contributed by atoms with Crippen molar-refractivity contribution < 1.29 is 9.84 Å². The molecule has 0 saturated heterocycles. The molecule has 34 heavy (non-hydrogen) atoms. The monoisotopic (exact) mass is 446 g/mol. The van der Waals surface area contributed by atoms with Gasteiger partial charge in [0, 0.05) is 0 Å². The number of hydrogen-bond acceptors (Lipinski definition) is 2. The van der Waals surface area contributed by atoms with Crippen LogP contribution in [0, 0.1) is 0 Å². The predicted octanol–water partition coefficient (Wildman–Crippen LogP) is 5.69. The highest BCUT2D eigenvalue weighted by Crippen LogP contribution is 2.65. The molecule has 0 fully saturated rings. The summed E-state index contributed by atoms with van der Waals surface area (Å²) in [4.78, 5) is 0. The maximum atomic E-state index is 10.8. The minimum Gasteiger partial charge on any atom is -0.387 e. The smallest absolute Gasteiger partial charge is 0.114 e. The van der Waals surface area contributed by atoms with E-state index in [1.165, 1.54) is 44.5 Å². The van der Waals surface area contributed by atoms with Gasteiger partial charge in [-0.15, -0.1) is 0 Å². The minimum absolute atomic E-state index is 0.133. The fourth-order valence-corrected chi connectivity index (χ4v) is 6.27. The SMILES string of the molecule is BC1C2=C(C=CC1OC(C)(C)C(C)(C)O)c1ccccc1C21c2ccccc2-c2ccccc21. The number of fused-ring (bicyclic) bond motifs is 9. The summed E-state index contributed by atoms with van der Waals surface area (Å²) in [6.45, 7) is 7.62. The van der Waals surface area contributed by atoms with Crippen LogP contribution in [0.5, 0.6) is 0 Å². The molecule has 3 aromatic rings. The van der Waals surface area contributed by atoms with E-state index in [1.54, 1.807) is 0 Å². The fourth-order valence-electron chi connectivity index (χ4n) is 6.27. The van der Waals surface area contributed by atoms with Crippen molar-refractivity contribution in [3.8, 4) is 11.1 Å². The Labute approximate surface area is 203 Å². The molecule has 170 valence electrons. The summed E-state index contributed by atoms with van der Waals surface area (Å²) in [6.07, 6.45) is 4.32. The molecular formula is C31H31BO2. The minimum atomic E-state index is -0.960. The molecule has 3 aliphatic carbocycles. The lowest BCUT2D eigenvalue weighted by Gasteiger charge is -2.44. The molecule has 0 saturated carbocycles. The Bertz CT molecular complexity index is 1330. The zero-order valence-corrected chi connectivity index (χ0v) is 20.6. The van der Waals surface area contributed by atoms with Gasteiger partial charge in [-0.25, -0.2) is 0 Å². The van der Waals surface area contributed by atoms with Crippen LogP contribution in [-0.4, -0.2) is 30.3 Å². The van der Waals surface area contributed by atoms with Gasteiger partial charge < -0.3 is 9.84 Å². The molecule has 0 aromatic heterocycles. The van der Waals surface area contributed by atoms with Gasteiger partial charge >= 0.3 is 0 Å². The van der Waals surface area contributed by atoms with E-state index in [4.69, 9.17) is 4.74 Å². The number of hydrogen-bond donors (Lipinski definition) is 1. The van der Waals surface area contributed by atoms with Crippen LogP contribution in [-0.2, 0) is 10.2 Å². The van der Waals surface area contributed by atoms with Gasteiger partial charge in [-0.1, -0.05) is 84.9 Å². The average Bonchev–Trinajstić information content (AvgIpc) is 3.28. The average molecular weight is 446 g/mol. The molecule has 6 rings (SSSR count). The second-order valence-corrected chi connectivity index (χ2v) is 11.0. The van der Waals surface area contributed by atoms with Crippen LogP contribution >= 0.6 is 0 Å². The van der Waals surface area contributed by atoms with E-state index < -0.39 is 11.2 Å². The van der Waals surface area contributed by atoms with Gasteiger partial charge in [-0.2, -0.15) is 0 Å². The second-order valence-electron chi connectivity index (χ2n) is 11.0. The Morgan fingerprint density at radius 2 is 1.24 bits per heavy atom. The molecule has 2 nitrogen and oxygen atoms in total. The number of allylic oxidation sites excluding steroid dienone is 2. The molecule has 0 radical (unpaired) electrons. The van der Waals surface area contributed by atoms with Gasteiger partial charge in [0.05, 0.1) is 22.7 Å². The molecule has 3 aromatic carbocycles. The van der Waals surface area contributed by atoms with Crippen molar-refractivity contribution in [2.24, 2.45) is 0 Å². The van der Waals surface area contributed by atoms with Gasteiger partial charge in [-0.05, 0) is 78.0 Å². The number of benzene rings is 3. The second kappa shape index (κ2) is 7.07. The zero-order valence-electron chi connectivity index (χ0n) is 20.6. The first-order valence-electron chi connectivity index (χ1n) is 12.3. The van der Waals surface area contributed by atoms with Crippen molar-refractivity contribution >= 4 is 13.4 Å². The molecule has 3 aliphatic rings. The Morgan fingerprint density at radius 1 is 0.765 bits per heavy atom. The van der Waals surface area contributed by atoms with Gasteiger partial charge in [-0.3, -0.25) is 0 Å². The molecule has 0 amide bonds. The first-order chi connectivity index (χ1) is 16.2. The van der Waals surface area contributed by atoms with Crippen LogP contribution in [0.25, 0.3) is 16.7 Å². The summed E-state index contributed by atoms with van der Waals surface area (Å²) < 4.78 is 6.67. The summed E-state index contributed by atoms with van der Waals surface area (Å²) in [7, 11) is 2.29. The molecular weight excluding hydrogens is 415 g/mol. The molecule has 0 heterocycles. The Balaban J connectivity index is 1.61. The molecule has 3 heteroatoms. The third-order valence-electron chi connectivity index (χ3n) is 8.57. The van der Waals surface area contributed by atoms with E-state index in [0.29, 0.717) is 0 Å². The van der Waals surface area contributed by atoms with E-state index >= 15 is 0 Å². The first-order valence-corrected chi connectivity index (χ1v) is 12.3. The summed E-state index contributed by atoms with van der Waals surface area (Å²) in [5.74, 6) is 0.133. The van der Waals surface area contributed by atoms with E-state index in [9.17, 15) is 5.11 Å². The zero-order chi connectivity index (χ0) is 23.9. The highest BCUT2D eigenvalue weighted by molar-refractivity contribution is 6.17. The van der Waals surface area contributed by atoms with E-state index in [0.717, 1.165) is 0 Å². The normalized spacial score (nSPS) is 21.9. The number of ether oxygens (including phenoxy) is 1. The standard InChI is InChI=1S/C31H31BO2/c1-29(2,33)30(3,4)34-26-18-17-22-21-13-7-10-16-25(21)31(27(22)28(26)32)23-14-8-5-11-19(23)20-12-6-9-15-24(20)31/h5-18,26,28,33H,32H2,1-4H3.